The van der Waals surface area contributed by atoms with E-state index in [1.165, 1.54) is 0 Å². The third-order valence-electron chi connectivity index (χ3n) is 14.8. The van der Waals surface area contributed by atoms with Crippen LogP contribution in [0.25, 0.3) is 87.6 Å². The molecule has 397 valence electrons. The van der Waals surface area contributed by atoms with E-state index >= 15 is 0 Å². The Morgan fingerprint density at radius 2 is 0.691 bits per heavy atom. The Morgan fingerprint density at radius 1 is 0.395 bits per heavy atom. The number of aromatic hydroxyl groups is 2. The van der Waals surface area contributed by atoms with Crippen LogP contribution in [0.4, 0.5) is 0 Å². The van der Waals surface area contributed by atoms with Crippen molar-refractivity contribution in [2.75, 3.05) is 0 Å². The Kier molecular flexibility index (Phi) is 16.2. The molecule has 0 bridgehead atoms. The smallest absolute Gasteiger partial charge is 0.132 e. The number of hydrogen-bond acceptors (Lipinski definition) is 6. The van der Waals surface area contributed by atoms with E-state index in [1.807, 2.05) is 61.0 Å². The van der Waals surface area contributed by atoms with Crippen LogP contribution < -0.4 is 5.11 Å². The number of phenolic OH excluding ortho intramolecular Hbond substituents is 2. The fraction of sp³-hybridized carbons (Fsp3) is 0.0946. The summed E-state index contributed by atoms with van der Waals surface area (Å²) in [5.41, 5.74) is 15.2. The molecular formula is C74H59MnN2O4-. The predicted octanol–water partition coefficient (Wildman–Crippen LogP) is 17.4. The molecule has 0 heterocycles. The zero-order valence-electron chi connectivity index (χ0n) is 45.7. The van der Waals surface area contributed by atoms with E-state index in [2.05, 4.69) is 210 Å². The number of carboxylic acids is 1. The third kappa shape index (κ3) is 11.4. The number of aliphatic imine (C=N–C) groups is 2. The summed E-state index contributed by atoms with van der Waals surface area (Å²) in [6.07, 6.45) is 3.70. The summed E-state index contributed by atoms with van der Waals surface area (Å²) in [7, 11) is 0. The largest absolute Gasteiger partial charge is 0.550 e. The molecular weight excluding hydrogens is 1040 g/mol. The van der Waals surface area contributed by atoms with Crippen molar-refractivity contribution in [2.24, 2.45) is 9.98 Å². The van der Waals surface area contributed by atoms with Crippen molar-refractivity contribution in [3.05, 3.63) is 275 Å². The molecule has 0 fully saturated rings. The molecule has 7 heteroatoms. The molecule has 0 aliphatic heterocycles. The molecule has 0 spiro atoms. The van der Waals surface area contributed by atoms with Crippen molar-refractivity contribution in [3.8, 4) is 56.0 Å². The standard InChI is InChI=1S/C72H56N2O2.C2H4O2.Mn/c1-45-35-46(2)38-55(37-45)69(73-43-57-41-53-25-13-17-29-61(53)67(71(57)75)65-59-27-15-11-23-51(59)31-33-63(65)49-19-7-5-8-20-49)70(56-39-47(3)36-48(4)40-56)74-44-58-42-54-26-14-18-30-62(54)68(72(58)76)66-60-28-16-12-24-52(60)32-34-64(66)50-21-9-6-10-22-50;1-2(3)4;/h5-44,69-70,75-76H,1-4H3;1H3,(H,3,4);/p-1/t69-,70-;;/m0../s1. The van der Waals surface area contributed by atoms with Gasteiger partial charge in [-0.15, -0.1) is 0 Å². The number of benzene rings is 12. The van der Waals surface area contributed by atoms with Gasteiger partial charge in [0.05, 0.1) is 0 Å². The number of hydrogen-bond donors (Lipinski definition) is 2. The van der Waals surface area contributed by atoms with E-state index in [0.717, 1.165) is 128 Å². The number of nitrogens with zero attached hydrogens (tertiary/aromatic N) is 2. The molecule has 2 N–H and O–H groups in total. The third-order valence-corrected chi connectivity index (χ3v) is 14.8. The molecule has 12 aromatic carbocycles. The number of aryl methyl sites for hydroxylation is 4. The van der Waals surface area contributed by atoms with E-state index in [9.17, 15) is 10.2 Å². The van der Waals surface area contributed by atoms with Crippen LogP contribution in [0.5, 0.6) is 11.5 Å². The van der Waals surface area contributed by atoms with Gasteiger partial charge in [0.2, 0.25) is 0 Å². The molecule has 81 heavy (non-hydrogen) atoms. The molecule has 1 radical (unpaired) electrons. The average Bonchev–Trinajstić information content (AvgIpc) is 3.56. The van der Waals surface area contributed by atoms with Crippen LogP contribution in [0.3, 0.4) is 0 Å². The number of fused-ring (bicyclic) bond motifs is 4. The second kappa shape index (κ2) is 23.9. The molecule has 12 aromatic rings. The second-order valence-electron chi connectivity index (χ2n) is 20.8. The van der Waals surface area contributed by atoms with Gasteiger partial charge in [-0.05, 0) is 123 Å². The van der Waals surface area contributed by atoms with Gasteiger partial charge in [-0.25, -0.2) is 0 Å². The van der Waals surface area contributed by atoms with Gasteiger partial charge < -0.3 is 20.1 Å². The SMILES string of the molecule is CC(=O)[O-].Cc1cc(C)cc([C@H](N=Cc2cc3ccccc3c(-c3c(-c4ccccc4)ccc4ccccc34)c2O)[C@@H](N=Cc2cc3ccccc3c(-c3c(-c4ccccc4)ccc4ccccc34)c2O)c2cc(C)cc(C)c2)c1.[Mn]. The van der Waals surface area contributed by atoms with Gasteiger partial charge >= 0.3 is 0 Å². The predicted molar refractivity (Wildman–Crippen MR) is 331 cm³/mol. The van der Waals surface area contributed by atoms with Crippen LogP contribution in [-0.4, -0.2) is 28.6 Å². The number of carbonyl (C=O) groups is 1. The van der Waals surface area contributed by atoms with Crippen LogP contribution in [-0.2, 0) is 21.9 Å². The Bertz CT molecular complexity index is 4060. The van der Waals surface area contributed by atoms with Crippen LogP contribution in [0.2, 0.25) is 0 Å². The van der Waals surface area contributed by atoms with Crippen LogP contribution in [0, 0.1) is 27.7 Å². The first-order chi connectivity index (χ1) is 38.9. The molecule has 0 aromatic heterocycles. The Balaban J connectivity index is 0.00000143. The molecule has 2 atom stereocenters. The topological polar surface area (TPSA) is 105 Å². The number of aliphatic carboxylic acids is 1. The summed E-state index contributed by atoms with van der Waals surface area (Å²) in [6.45, 7) is 9.45. The van der Waals surface area contributed by atoms with Gasteiger partial charge in [0, 0.05) is 68.8 Å². The summed E-state index contributed by atoms with van der Waals surface area (Å²) in [6, 6.07) is 79.0. The number of phenols is 2. The van der Waals surface area contributed by atoms with Gasteiger partial charge in [0.15, 0.2) is 0 Å². The minimum Gasteiger partial charge on any atom is -0.550 e. The van der Waals surface area contributed by atoms with Gasteiger partial charge in [-0.2, -0.15) is 0 Å². The van der Waals surface area contributed by atoms with Crippen LogP contribution in [0.1, 0.15) is 63.5 Å². The van der Waals surface area contributed by atoms with Crippen molar-refractivity contribution in [2.45, 2.75) is 46.7 Å². The fourth-order valence-electron chi connectivity index (χ4n) is 11.6. The van der Waals surface area contributed by atoms with E-state index in [1.54, 1.807) is 0 Å². The van der Waals surface area contributed by atoms with Gasteiger partial charge in [0.1, 0.15) is 23.6 Å². The molecule has 0 saturated heterocycles. The van der Waals surface area contributed by atoms with Crippen molar-refractivity contribution < 1.29 is 37.2 Å². The zero-order chi connectivity index (χ0) is 55.4. The van der Waals surface area contributed by atoms with Crippen molar-refractivity contribution in [3.63, 3.8) is 0 Å². The number of rotatable bonds is 11. The monoisotopic (exact) mass is 1090 g/mol. The number of carbonyl (C=O) groups excluding carboxylic acids is 1. The summed E-state index contributed by atoms with van der Waals surface area (Å²) in [5, 5.41) is 43.0. The average molecular weight is 1100 g/mol. The van der Waals surface area contributed by atoms with E-state index < -0.39 is 18.1 Å². The van der Waals surface area contributed by atoms with E-state index in [4.69, 9.17) is 19.9 Å². The molecule has 12 rings (SSSR count). The van der Waals surface area contributed by atoms with Crippen LogP contribution in [0.15, 0.2) is 241 Å². The molecule has 0 amide bonds. The summed E-state index contributed by atoms with van der Waals surface area (Å²) >= 11 is 0. The molecule has 0 unspecified atom stereocenters. The minimum atomic E-state index is -1.08. The quantitative estimate of drug-likeness (QED) is 0.0994. The van der Waals surface area contributed by atoms with Gasteiger partial charge in [0.25, 0.3) is 0 Å². The first-order valence-corrected chi connectivity index (χ1v) is 26.9. The second-order valence-corrected chi connectivity index (χ2v) is 20.8. The Labute approximate surface area is 483 Å². The maximum absolute atomic E-state index is 13.0. The molecule has 6 nitrogen and oxygen atoms in total. The van der Waals surface area contributed by atoms with Crippen molar-refractivity contribution >= 4 is 61.5 Å². The Morgan fingerprint density at radius 3 is 1.04 bits per heavy atom. The Hall–Kier alpha value is -9.39. The fourth-order valence-corrected chi connectivity index (χ4v) is 11.6. The maximum atomic E-state index is 13.0. The summed E-state index contributed by atoms with van der Waals surface area (Å²) < 4.78 is 0. The molecule has 0 aliphatic carbocycles. The first-order valence-electron chi connectivity index (χ1n) is 26.9. The van der Waals surface area contributed by atoms with Gasteiger partial charge in [-0.3, -0.25) is 9.98 Å². The summed E-state index contributed by atoms with van der Waals surface area (Å²) in [4.78, 5) is 20.1. The minimum absolute atomic E-state index is 0. The first kappa shape index (κ1) is 54.9. The normalized spacial score (nSPS) is 12.2. The maximum Gasteiger partial charge on any atom is 0.132 e. The molecule has 0 aliphatic rings. The number of carboxylic acid groups (broad SMARTS) is 1. The van der Waals surface area contributed by atoms with E-state index in [0.29, 0.717) is 11.1 Å². The summed E-state index contributed by atoms with van der Waals surface area (Å²) in [5.74, 6) is -0.780. The van der Waals surface area contributed by atoms with Gasteiger partial charge in [-0.1, -0.05) is 241 Å². The molecule has 0 saturated carbocycles. The van der Waals surface area contributed by atoms with Crippen molar-refractivity contribution in [1.82, 2.24) is 0 Å². The zero-order valence-corrected chi connectivity index (χ0v) is 46.9. The van der Waals surface area contributed by atoms with E-state index in [-0.39, 0.29) is 28.6 Å². The van der Waals surface area contributed by atoms with Crippen LogP contribution >= 0.6 is 0 Å². The van der Waals surface area contributed by atoms with Crippen molar-refractivity contribution in [1.29, 1.82) is 0 Å².